The Labute approximate surface area is 161 Å². The minimum absolute atomic E-state index is 0.340. The number of aromatic nitrogens is 3. The van der Waals surface area contributed by atoms with E-state index in [-0.39, 0.29) is 0 Å². The molecule has 0 saturated heterocycles. The summed E-state index contributed by atoms with van der Waals surface area (Å²) in [6.45, 7) is 4.04. The summed E-state index contributed by atoms with van der Waals surface area (Å²) in [4.78, 5) is 16.1. The molecule has 0 radical (unpaired) electrons. The molecule has 2 N–H and O–H groups in total. The van der Waals surface area contributed by atoms with E-state index in [4.69, 9.17) is 16.3 Å². The Morgan fingerprint density at radius 1 is 1.07 bits per heavy atom. The normalized spacial score (nSPS) is 10.4. The summed E-state index contributed by atoms with van der Waals surface area (Å²) in [6.07, 6.45) is 1.47. The van der Waals surface area contributed by atoms with E-state index in [1.807, 2.05) is 26.0 Å². The first-order valence-electron chi connectivity index (χ1n) is 8.15. The summed E-state index contributed by atoms with van der Waals surface area (Å²) in [5, 5.41) is 14.6. The van der Waals surface area contributed by atoms with Crippen molar-refractivity contribution >= 4 is 40.7 Å². The fourth-order valence-electron chi connectivity index (χ4n) is 2.49. The van der Waals surface area contributed by atoms with Crippen LogP contribution in [0.2, 0.25) is 5.02 Å². The van der Waals surface area contributed by atoms with Crippen LogP contribution in [-0.2, 0) is 4.74 Å². The lowest BCUT2D eigenvalue weighted by Crippen LogP contribution is -2.05. The van der Waals surface area contributed by atoms with Gasteiger partial charge in [-0.3, -0.25) is 0 Å². The highest BCUT2D eigenvalue weighted by atomic mass is 35.5. The zero-order chi connectivity index (χ0) is 19.4. The quantitative estimate of drug-likeness (QED) is 0.630. The molecule has 0 fully saturated rings. The third kappa shape index (κ3) is 4.51. The van der Waals surface area contributed by atoms with Crippen molar-refractivity contribution in [2.75, 3.05) is 17.7 Å². The van der Waals surface area contributed by atoms with Crippen molar-refractivity contribution in [1.29, 1.82) is 0 Å². The summed E-state index contributed by atoms with van der Waals surface area (Å²) in [5.41, 5.74) is 4.03. The van der Waals surface area contributed by atoms with Crippen molar-refractivity contribution in [3.05, 3.63) is 64.3 Å². The monoisotopic (exact) mass is 383 g/mol. The van der Waals surface area contributed by atoms with E-state index in [0.717, 1.165) is 11.3 Å². The number of halogens is 1. The molecule has 0 saturated carbocycles. The van der Waals surface area contributed by atoms with Crippen LogP contribution in [0, 0.1) is 13.8 Å². The smallest absolute Gasteiger partial charge is 0.337 e. The number of ether oxygens (including phenoxy) is 1. The maximum Gasteiger partial charge on any atom is 0.337 e. The maximum atomic E-state index is 11.7. The number of hydrogen-bond donors (Lipinski definition) is 2. The van der Waals surface area contributed by atoms with Gasteiger partial charge in [0.25, 0.3) is 0 Å². The Bertz CT molecular complexity index is 994. The fourth-order valence-corrected chi connectivity index (χ4v) is 2.66. The summed E-state index contributed by atoms with van der Waals surface area (Å²) in [6, 6.07) is 10.8. The number of rotatable bonds is 5. The molecule has 8 heteroatoms. The number of anilines is 4. The maximum absolute atomic E-state index is 11.7. The molecule has 0 aliphatic carbocycles. The molecule has 138 valence electrons. The van der Waals surface area contributed by atoms with Gasteiger partial charge in [0, 0.05) is 5.69 Å². The predicted octanol–water partition coefficient (Wildman–Crippen LogP) is 4.42. The van der Waals surface area contributed by atoms with Crippen LogP contribution in [0.25, 0.3) is 0 Å². The molecule has 0 aliphatic rings. The number of hydrogen-bond acceptors (Lipinski definition) is 7. The molecule has 1 aromatic heterocycles. The van der Waals surface area contributed by atoms with Crippen molar-refractivity contribution in [3.63, 3.8) is 0 Å². The van der Waals surface area contributed by atoms with Crippen LogP contribution in [0.5, 0.6) is 0 Å². The van der Waals surface area contributed by atoms with E-state index in [2.05, 4.69) is 31.9 Å². The molecular weight excluding hydrogens is 366 g/mol. The molecule has 0 atom stereocenters. The average Bonchev–Trinajstić information content (AvgIpc) is 2.65. The summed E-state index contributed by atoms with van der Waals surface area (Å²) in [5.74, 6) is 0.320. The minimum Gasteiger partial charge on any atom is -0.465 e. The number of esters is 1. The van der Waals surface area contributed by atoms with Crippen LogP contribution in [0.3, 0.4) is 0 Å². The van der Waals surface area contributed by atoms with E-state index < -0.39 is 5.97 Å². The van der Waals surface area contributed by atoms with Gasteiger partial charge in [0.05, 0.1) is 29.6 Å². The highest BCUT2D eigenvalue weighted by Crippen LogP contribution is 2.26. The van der Waals surface area contributed by atoms with Crippen molar-refractivity contribution in [3.8, 4) is 0 Å². The summed E-state index contributed by atoms with van der Waals surface area (Å²) >= 11 is 6.21. The first-order valence-corrected chi connectivity index (χ1v) is 8.53. The number of nitrogens with zero attached hydrogens (tertiary/aromatic N) is 3. The van der Waals surface area contributed by atoms with Gasteiger partial charge in [-0.05, 0) is 43.7 Å². The molecule has 3 rings (SSSR count). The predicted molar refractivity (Wildman–Crippen MR) is 105 cm³/mol. The van der Waals surface area contributed by atoms with Crippen LogP contribution >= 0.6 is 11.6 Å². The van der Waals surface area contributed by atoms with Crippen LogP contribution in [-0.4, -0.2) is 28.3 Å². The molecule has 1 heterocycles. The lowest BCUT2D eigenvalue weighted by molar-refractivity contribution is 0.0601. The average molecular weight is 384 g/mol. The van der Waals surface area contributed by atoms with Gasteiger partial charge >= 0.3 is 5.97 Å². The summed E-state index contributed by atoms with van der Waals surface area (Å²) < 4.78 is 4.73. The van der Waals surface area contributed by atoms with E-state index in [1.54, 1.807) is 18.2 Å². The zero-order valence-electron chi connectivity index (χ0n) is 15.1. The van der Waals surface area contributed by atoms with Gasteiger partial charge in [0.15, 0.2) is 5.82 Å². The fraction of sp³-hybridized carbons (Fsp3) is 0.158. The number of carbonyl (C=O) groups excluding carboxylic acids is 1. The SMILES string of the molecule is COC(=O)c1ccc(Cl)c(Nc2cnnc(Nc3ccc(C)cc3C)n2)c1. The Balaban J connectivity index is 1.83. The molecule has 0 bridgehead atoms. The van der Waals surface area contributed by atoms with Gasteiger partial charge < -0.3 is 15.4 Å². The molecule has 7 nitrogen and oxygen atoms in total. The third-order valence-electron chi connectivity index (χ3n) is 3.84. The molecule has 0 unspecified atom stereocenters. The molecule has 0 amide bonds. The second-order valence-electron chi connectivity index (χ2n) is 5.92. The van der Waals surface area contributed by atoms with Crippen molar-refractivity contribution in [2.45, 2.75) is 13.8 Å². The number of benzene rings is 2. The first kappa shape index (κ1) is 18.6. The molecule has 2 aromatic carbocycles. The second-order valence-corrected chi connectivity index (χ2v) is 6.33. The van der Waals surface area contributed by atoms with E-state index in [1.165, 1.54) is 18.9 Å². The highest BCUT2D eigenvalue weighted by Gasteiger charge is 2.10. The Kier molecular flexibility index (Phi) is 5.52. The van der Waals surface area contributed by atoms with Gasteiger partial charge in [0.2, 0.25) is 5.95 Å². The van der Waals surface area contributed by atoms with Gasteiger partial charge in [0.1, 0.15) is 0 Å². The van der Waals surface area contributed by atoms with E-state index in [0.29, 0.717) is 28.0 Å². The van der Waals surface area contributed by atoms with Gasteiger partial charge in [-0.2, -0.15) is 10.1 Å². The minimum atomic E-state index is -0.451. The van der Waals surface area contributed by atoms with Crippen molar-refractivity contribution in [2.24, 2.45) is 0 Å². The molecule has 0 spiro atoms. The van der Waals surface area contributed by atoms with E-state index >= 15 is 0 Å². The number of methoxy groups -OCH3 is 1. The van der Waals surface area contributed by atoms with Gasteiger partial charge in [-0.25, -0.2) is 4.79 Å². The number of nitrogens with one attached hydrogen (secondary N) is 2. The van der Waals surface area contributed by atoms with Gasteiger partial charge in [-0.15, -0.1) is 5.10 Å². The molecular formula is C19H18ClN5O2. The Morgan fingerprint density at radius 3 is 2.63 bits per heavy atom. The summed E-state index contributed by atoms with van der Waals surface area (Å²) in [7, 11) is 1.32. The lowest BCUT2D eigenvalue weighted by atomic mass is 10.1. The molecule has 27 heavy (non-hydrogen) atoms. The van der Waals surface area contributed by atoms with Crippen molar-refractivity contribution in [1.82, 2.24) is 15.2 Å². The van der Waals surface area contributed by atoms with Crippen LogP contribution < -0.4 is 10.6 Å². The second kappa shape index (κ2) is 8.01. The van der Waals surface area contributed by atoms with Crippen LogP contribution in [0.4, 0.5) is 23.1 Å². The van der Waals surface area contributed by atoms with Crippen molar-refractivity contribution < 1.29 is 9.53 Å². The standard InChI is InChI=1S/C19H18ClN5O2/c1-11-4-7-15(12(2)8-11)23-19-24-17(10-21-25-19)22-16-9-13(18(26)27-3)5-6-14(16)20/h4-10H,1-3H3,(H2,22,23,24,25). The number of carbonyl (C=O) groups is 1. The topological polar surface area (TPSA) is 89.0 Å². The van der Waals surface area contributed by atoms with Gasteiger partial charge in [-0.1, -0.05) is 29.3 Å². The number of aryl methyl sites for hydroxylation is 2. The highest BCUT2D eigenvalue weighted by molar-refractivity contribution is 6.33. The van der Waals surface area contributed by atoms with Crippen LogP contribution in [0.15, 0.2) is 42.6 Å². The lowest BCUT2D eigenvalue weighted by Gasteiger charge is -2.11. The Hall–Kier alpha value is -3.19. The zero-order valence-corrected chi connectivity index (χ0v) is 15.8. The largest absolute Gasteiger partial charge is 0.465 e. The Morgan fingerprint density at radius 2 is 1.89 bits per heavy atom. The molecule has 0 aliphatic heterocycles. The third-order valence-corrected chi connectivity index (χ3v) is 4.17. The first-order chi connectivity index (χ1) is 13.0. The van der Waals surface area contributed by atoms with Crippen LogP contribution in [0.1, 0.15) is 21.5 Å². The van der Waals surface area contributed by atoms with E-state index in [9.17, 15) is 4.79 Å². The molecule has 3 aromatic rings.